The molecule has 170 valence electrons. The van der Waals surface area contributed by atoms with Crippen LogP contribution in [-0.2, 0) is 30.7 Å². The Morgan fingerprint density at radius 2 is 1.97 bits per heavy atom. The minimum absolute atomic E-state index is 0.0473. The van der Waals surface area contributed by atoms with Gasteiger partial charge in [0.05, 0.1) is 30.8 Å². The van der Waals surface area contributed by atoms with Gasteiger partial charge in [0.15, 0.2) is 11.5 Å². The maximum absolute atomic E-state index is 13.4. The third kappa shape index (κ3) is 3.86. The minimum Gasteiger partial charge on any atom is -0.468 e. The van der Waals surface area contributed by atoms with Gasteiger partial charge in [-0.1, -0.05) is 30.3 Å². The molecule has 5 rings (SSSR count). The molecule has 8 heteroatoms. The number of aromatic nitrogens is 2. The van der Waals surface area contributed by atoms with Crippen LogP contribution in [0, 0.1) is 0 Å². The predicted molar refractivity (Wildman–Crippen MR) is 118 cm³/mol. The third-order valence-electron chi connectivity index (χ3n) is 6.25. The highest BCUT2D eigenvalue weighted by molar-refractivity contribution is 6.09. The van der Waals surface area contributed by atoms with Crippen molar-refractivity contribution in [1.29, 1.82) is 0 Å². The standard InChI is InChI=1S/C25H25N3O5/c1-2-32-25(31)23-17-14-27(24(30)18-15-33-21-10-6-9-20(29)22(18)21)12-11-19(17)28(26-23)13-16-7-4-3-5-8-16/h3-5,7-8,15H,2,6,9-14H2,1H3. The number of benzene rings is 1. The lowest BCUT2D eigenvalue weighted by molar-refractivity contribution is 0.0513. The highest BCUT2D eigenvalue weighted by atomic mass is 16.5. The smallest absolute Gasteiger partial charge is 0.359 e. The molecule has 2 aromatic heterocycles. The highest BCUT2D eigenvalue weighted by Gasteiger charge is 2.34. The number of fused-ring (bicyclic) bond motifs is 2. The molecular formula is C25H25N3O5. The first-order chi connectivity index (χ1) is 16.1. The summed E-state index contributed by atoms with van der Waals surface area (Å²) in [5, 5.41) is 4.58. The van der Waals surface area contributed by atoms with Crippen LogP contribution in [0.25, 0.3) is 0 Å². The molecule has 0 N–H and O–H groups in total. The number of carbonyl (C=O) groups excluding carboxylic acids is 3. The van der Waals surface area contributed by atoms with E-state index >= 15 is 0 Å². The average Bonchev–Trinajstić information content (AvgIpc) is 3.42. The molecular weight excluding hydrogens is 422 g/mol. The lowest BCUT2D eigenvalue weighted by Gasteiger charge is -2.28. The number of carbonyl (C=O) groups is 3. The topological polar surface area (TPSA) is 94.6 Å². The third-order valence-corrected chi connectivity index (χ3v) is 6.25. The van der Waals surface area contributed by atoms with Gasteiger partial charge in [0, 0.05) is 37.1 Å². The Labute approximate surface area is 191 Å². The number of nitrogens with zero attached hydrogens (tertiary/aromatic N) is 3. The summed E-state index contributed by atoms with van der Waals surface area (Å²) in [6.07, 6.45) is 3.78. The molecule has 0 saturated carbocycles. The molecule has 1 amide bonds. The van der Waals surface area contributed by atoms with Crippen molar-refractivity contribution < 1.29 is 23.5 Å². The molecule has 8 nitrogen and oxygen atoms in total. The van der Waals surface area contributed by atoms with Gasteiger partial charge < -0.3 is 14.1 Å². The Balaban J connectivity index is 1.46. The Morgan fingerprint density at radius 1 is 1.15 bits per heavy atom. The second-order valence-electron chi connectivity index (χ2n) is 8.34. The summed E-state index contributed by atoms with van der Waals surface area (Å²) >= 11 is 0. The molecule has 1 aliphatic heterocycles. The van der Waals surface area contributed by atoms with E-state index in [0.717, 1.165) is 17.7 Å². The maximum atomic E-state index is 13.4. The second-order valence-corrected chi connectivity index (χ2v) is 8.34. The number of rotatable bonds is 5. The molecule has 3 aromatic rings. The van der Waals surface area contributed by atoms with Gasteiger partial charge in [-0.2, -0.15) is 5.10 Å². The molecule has 0 unspecified atom stereocenters. The normalized spacial score (nSPS) is 15.2. The van der Waals surface area contributed by atoms with E-state index in [4.69, 9.17) is 9.15 Å². The molecule has 0 fully saturated rings. The number of hydrogen-bond donors (Lipinski definition) is 0. The van der Waals surface area contributed by atoms with E-state index in [-0.39, 0.29) is 30.5 Å². The van der Waals surface area contributed by atoms with Gasteiger partial charge in [-0.05, 0) is 18.9 Å². The van der Waals surface area contributed by atoms with E-state index in [1.54, 1.807) is 11.8 Å². The summed E-state index contributed by atoms with van der Waals surface area (Å²) in [6, 6.07) is 9.90. The van der Waals surface area contributed by atoms with Gasteiger partial charge in [0.2, 0.25) is 0 Å². The van der Waals surface area contributed by atoms with Crippen LogP contribution in [0.1, 0.15) is 73.6 Å². The van der Waals surface area contributed by atoms with Crippen LogP contribution in [0.3, 0.4) is 0 Å². The Bertz CT molecular complexity index is 1220. The fourth-order valence-electron chi connectivity index (χ4n) is 4.66. The number of aryl methyl sites for hydroxylation is 1. The van der Waals surface area contributed by atoms with Crippen LogP contribution in [0.5, 0.6) is 0 Å². The van der Waals surface area contributed by atoms with Crippen LogP contribution >= 0.6 is 0 Å². The lowest BCUT2D eigenvalue weighted by atomic mass is 9.93. The Hall–Kier alpha value is -3.68. The molecule has 0 atom stereocenters. The van der Waals surface area contributed by atoms with Gasteiger partial charge in [-0.3, -0.25) is 14.3 Å². The van der Waals surface area contributed by atoms with Crippen LogP contribution in [-0.4, -0.2) is 45.5 Å². The van der Waals surface area contributed by atoms with E-state index in [9.17, 15) is 14.4 Å². The number of hydrogen-bond acceptors (Lipinski definition) is 6. The van der Waals surface area contributed by atoms with E-state index in [1.165, 1.54) is 6.26 Å². The highest BCUT2D eigenvalue weighted by Crippen LogP contribution is 2.30. The minimum atomic E-state index is -0.495. The van der Waals surface area contributed by atoms with Crippen molar-refractivity contribution in [3.05, 3.63) is 76.0 Å². The Morgan fingerprint density at radius 3 is 2.76 bits per heavy atom. The fraction of sp³-hybridized carbons (Fsp3) is 0.360. The van der Waals surface area contributed by atoms with Gasteiger partial charge in [0.1, 0.15) is 12.0 Å². The van der Waals surface area contributed by atoms with Crippen LogP contribution in [0.15, 0.2) is 41.0 Å². The van der Waals surface area contributed by atoms with E-state index in [2.05, 4.69) is 5.10 Å². The van der Waals surface area contributed by atoms with Crippen molar-refractivity contribution in [3.8, 4) is 0 Å². The molecule has 3 heterocycles. The molecule has 0 radical (unpaired) electrons. The van der Waals surface area contributed by atoms with Crippen molar-refractivity contribution in [2.45, 2.75) is 45.7 Å². The molecule has 2 aliphatic rings. The first-order valence-corrected chi connectivity index (χ1v) is 11.3. The molecule has 0 bridgehead atoms. The predicted octanol–water partition coefficient (Wildman–Crippen LogP) is 3.42. The van der Waals surface area contributed by atoms with Crippen molar-refractivity contribution in [2.24, 2.45) is 0 Å². The quantitative estimate of drug-likeness (QED) is 0.556. The summed E-state index contributed by atoms with van der Waals surface area (Å²) in [5.74, 6) is -0.207. The van der Waals surface area contributed by atoms with Crippen molar-refractivity contribution in [2.75, 3.05) is 13.2 Å². The SMILES string of the molecule is CCOC(=O)c1nn(Cc2ccccc2)c2c1CN(C(=O)c1coc3c1C(=O)CCC3)CC2. The molecule has 0 saturated heterocycles. The summed E-state index contributed by atoms with van der Waals surface area (Å²) < 4.78 is 12.6. The van der Waals surface area contributed by atoms with E-state index < -0.39 is 5.97 Å². The van der Waals surface area contributed by atoms with Crippen molar-refractivity contribution >= 4 is 17.7 Å². The van der Waals surface area contributed by atoms with Gasteiger partial charge >= 0.3 is 5.97 Å². The van der Waals surface area contributed by atoms with Crippen LogP contribution in [0.2, 0.25) is 0 Å². The molecule has 1 aromatic carbocycles. The molecule has 1 aliphatic carbocycles. The number of ether oxygens (including phenoxy) is 1. The monoisotopic (exact) mass is 447 g/mol. The fourth-order valence-corrected chi connectivity index (χ4v) is 4.66. The van der Waals surface area contributed by atoms with Crippen LogP contribution in [0.4, 0.5) is 0 Å². The van der Waals surface area contributed by atoms with Gasteiger partial charge in [-0.25, -0.2) is 4.79 Å². The van der Waals surface area contributed by atoms with E-state index in [0.29, 0.717) is 54.8 Å². The number of furan rings is 1. The molecule has 33 heavy (non-hydrogen) atoms. The molecule has 0 spiro atoms. The summed E-state index contributed by atoms with van der Waals surface area (Å²) in [4.78, 5) is 40.1. The zero-order valence-electron chi connectivity index (χ0n) is 18.5. The van der Waals surface area contributed by atoms with Gasteiger partial charge in [-0.15, -0.1) is 0 Å². The zero-order chi connectivity index (χ0) is 22.9. The Kier molecular flexibility index (Phi) is 5.58. The number of ketones is 1. The zero-order valence-corrected chi connectivity index (χ0v) is 18.5. The maximum Gasteiger partial charge on any atom is 0.359 e. The van der Waals surface area contributed by atoms with Crippen LogP contribution < -0.4 is 0 Å². The first-order valence-electron chi connectivity index (χ1n) is 11.3. The summed E-state index contributed by atoms with van der Waals surface area (Å²) in [7, 11) is 0. The first kappa shape index (κ1) is 21.2. The summed E-state index contributed by atoms with van der Waals surface area (Å²) in [6.45, 7) is 3.21. The lowest BCUT2D eigenvalue weighted by Crippen LogP contribution is -2.37. The second kappa shape index (κ2) is 8.69. The largest absolute Gasteiger partial charge is 0.468 e. The number of amides is 1. The van der Waals surface area contributed by atoms with Crippen molar-refractivity contribution in [3.63, 3.8) is 0 Å². The average molecular weight is 447 g/mol. The van der Waals surface area contributed by atoms with E-state index in [1.807, 2.05) is 35.0 Å². The number of Topliss-reactive ketones (excluding diaryl/α,β-unsaturated/α-hetero) is 1. The summed E-state index contributed by atoms with van der Waals surface area (Å²) in [5.41, 5.74) is 3.67. The van der Waals surface area contributed by atoms with Gasteiger partial charge in [0.25, 0.3) is 5.91 Å². The van der Waals surface area contributed by atoms with Crippen molar-refractivity contribution in [1.82, 2.24) is 14.7 Å². The number of esters is 1.